The zero-order valence-electron chi connectivity index (χ0n) is 11.1. The molecule has 3 rings (SSSR count). The summed E-state index contributed by atoms with van der Waals surface area (Å²) in [5.74, 6) is -0.143. The van der Waals surface area contributed by atoms with Gasteiger partial charge in [-0.15, -0.1) is 5.10 Å². The van der Waals surface area contributed by atoms with E-state index >= 15 is 4.39 Å². The fourth-order valence-corrected chi connectivity index (χ4v) is 2.56. The molecule has 2 aromatic heterocycles. The molecule has 0 bridgehead atoms. The number of anilines is 1. The average molecular weight is 300 g/mol. The zero-order valence-corrected chi connectivity index (χ0v) is 11.1. The molecule has 3 heterocycles. The molecule has 3 atom stereocenters. The van der Waals surface area contributed by atoms with E-state index in [1.165, 1.54) is 19.1 Å². The number of aromatic nitrogens is 3. The Morgan fingerprint density at radius 1 is 1.57 bits per heavy atom. The van der Waals surface area contributed by atoms with Crippen LogP contribution in [0, 0.1) is 6.08 Å². The fourth-order valence-electron chi connectivity index (χ4n) is 2.56. The molecule has 7 nitrogen and oxygen atoms in total. The molecule has 1 saturated heterocycles. The number of aliphatic hydroxyl groups excluding tert-OH is 2. The lowest BCUT2D eigenvalue weighted by molar-refractivity contribution is -0.0859. The van der Waals surface area contributed by atoms with E-state index in [0.29, 0.717) is 0 Å². The van der Waals surface area contributed by atoms with Crippen LogP contribution in [0.3, 0.4) is 0 Å². The second-order valence-electron chi connectivity index (χ2n) is 5.31. The van der Waals surface area contributed by atoms with Crippen LogP contribution in [-0.4, -0.2) is 49.7 Å². The number of ether oxygens (including phenoxy) is 1. The summed E-state index contributed by atoms with van der Waals surface area (Å²) in [6, 6.07) is 2.75. The Morgan fingerprint density at radius 2 is 2.29 bits per heavy atom. The van der Waals surface area contributed by atoms with Crippen molar-refractivity contribution in [2.75, 3.05) is 18.9 Å². The van der Waals surface area contributed by atoms with Gasteiger partial charge in [0.15, 0.2) is 5.82 Å². The van der Waals surface area contributed by atoms with E-state index in [4.69, 9.17) is 10.5 Å². The zero-order chi connectivity index (χ0) is 15.4. The van der Waals surface area contributed by atoms with Gasteiger partial charge in [0, 0.05) is 0 Å². The number of nitrogens with zero attached hydrogens (tertiary/aromatic N) is 3. The molecular formula is C12H14F2N4O3. The Labute approximate surface area is 118 Å². The summed E-state index contributed by atoms with van der Waals surface area (Å²) in [5, 5.41) is 22.9. The van der Waals surface area contributed by atoms with Crippen molar-refractivity contribution in [1.82, 2.24) is 14.6 Å². The predicted octanol–water partition coefficient (Wildman–Crippen LogP) is -0.242. The lowest BCUT2D eigenvalue weighted by Gasteiger charge is -2.28. The molecule has 0 radical (unpaired) electrons. The molecule has 9 heteroatoms. The molecule has 114 valence electrons. The first kappa shape index (κ1) is 14.1. The Kier molecular flexibility index (Phi) is 2.91. The Morgan fingerprint density at radius 3 is 2.90 bits per heavy atom. The fraction of sp³-hybridized carbons (Fsp3) is 0.500. The number of fused-ring (bicyclic) bond motifs is 1. The highest BCUT2D eigenvalue weighted by Crippen LogP contribution is 2.43. The predicted molar refractivity (Wildman–Crippen MR) is 67.6 cm³/mol. The van der Waals surface area contributed by atoms with Crippen LogP contribution >= 0.6 is 0 Å². The highest BCUT2D eigenvalue weighted by Gasteiger charge is 2.58. The quantitative estimate of drug-likeness (QED) is 0.706. The number of nitrogen functional groups attached to an aromatic ring is 1. The van der Waals surface area contributed by atoms with Crippen LogP contribution < -0.4 is 5.73 Å². The number of rotatable bonds is 2. The summed E-state index contributed by atoms with van der Waals surface area (Å²) in [7, 11) is 0. The molecule has 1 fully saturated rings. The first-order valence-electron chi connectivity index (χ1n) is 6.25. The standard InChI is InChI=1S/C12H14F2N4O3/c1-11(4-19)9(20)12(14,5-21-11)7-3-2-6-8(15)16-10(13)17-18(6)7/h2-3,9,19-20H,4-5H2,1H3,(H2,15,16,17). The molecule has 21 heavy (non-hydrogen) atoms. The third-order valence-electron chi connectivity index (χ3n) is 3.88. The third kappa shape index (κ3) is 1.81. The van der Waals surface area contributed by atoms with Gasteiger partial charge >= 0.3 is 6.08 Å². The van der Waals surface area contributed by atoms with Crippen LogP contribution in [0.4, 0.5) is 14.6 Å². The molecule has 1 aliphatic rings. The minimum Gasteiger partial charge on any atom is -0.393 e. The van der Waals surface area contributed by atoms with Gasteiger partial charge in [0.25, 0.3) is 0 Å². The molecular weight excluding hydrogens is 286 g/mol. The molecule has 2 aromatic rings. The molecule has 0 saturated carbocycles. The molecule has 0 spiro atoms. The van der Waals surface area contributed by atoms with E-state index in [9.17, 15) is 14.6 Å². The van der Waals surface area contributed by atoms with Crippen LogP contribution in [0.25, 0.3) is 5.52 Å². The van der Waals surface area contributed by atoms with Gasteiger partial charge < -0.3 is 20.7 Å². The van der Waals surface area contributed by atoms with E-state index in [1.54, 1.807) is 0 Å². The van der Waals surface area contributed by atoms with Crippen molar-refractivity contribution in [1.29, 1.82) is 0 Å². The summed E-state index contributed by atoms with van der Waals surface area (Å²) in [5.41, 5.74) is 1.86. The van der Waals surface area contributed by atoms with Crippen molar-refractivity contribution in [2.45, 2.75) is 24.3 Å². The van der Waals surface area contributed by atoms with E-state index in [0.717, 1.165) is 4.52 Å². The van der Waals surface area contributed by atoms with Crippen LogP contribution in [0.2, 0.25) is 0 Å². The Balaban J connectivity index is 2.17. The molecule has 0 amide bonds. The number of hydrogen-bond acceptors (Lipinski definition) is 6. The molecule has 3 unspecified atom stereocenters. The van der Waals surface area contributed by atoms with Gasteiger partial charge in [-0.05, 0) is 19.1 Å². The second-order valence-corrected chi connectivity index (χ2v) is 5.31. The highest BCUT2D eigenvalue weighted by molar-refractivity contribution is 5.65. The van der Waals surface area contributed by atoms with Crippen molar-refractivity contribution < 1.29 is 23.7 Å². The number of aliphatic hydroxyl groups is 2. The van der Waals surface area contributed by atoms with E-state index < -0.39 is 36.7 Å². The third-order valence-corrected chi connectivity index (χ3v) is 3.88. The minimum absolute atomic E-state index is 0.116. The lowest BCUT2D eigenvalue weighted by atomic mass is 9.88. The van der Waals surface area contributed by atoms with Crippen molar-refractivity contribution >= 4 is 11.3 Å². The largest absolute Gasteiger partial charge is 0.393 e. The summed E-state index contributed by atoms with van der Waals surface area (Å²) < 4.78 is 34.7. The normalized spacial score (nSPS) is 32.9. The van der Waals surface area contributed by atoms with Crippen LogP contribution in [0.1, 0.15) is 12.6 Å². The van der Waals surface area contributed by atoms with Crippen molar-refractivity contribution in [3.8, 4) is 0 Å². The average Bonchev–Trinajstić information content (AvgIpc) is 2.96. The van der Waals surface area contributed by atoms with Gasteiger partial charge in [-0.2, -0.15) is 9.37 Å². The van der Waals surface area contributed by atoms with Gasteiger partial charge in [0.1, 0.15) is 17.2 Å². The molecule has 0 aromatic carbocycles. The number of alkyl halides is 1. The molecule has 4 N–H and O–H groups in total. The topological polar surface area (TPSA) is 106 Å². The number of halogens is 2. The maximum Gasteiger partial charge on any atom is 0.327 e. The van der Waals surface area contributed by atoms with Gasteiger partial charge in [-0.25, -0.2) is 8.91 Å². The maximum absolute atomic E-state index is 15.2. The van der Waals surface area contributed by atoms with Crippen molar-refractivity contribution in [3.63, 3.8) is 0 Å². The van der Waals surface area contributed by atoms with Crippen LogP contribution in [0.5, 0.6) is 0 Å². The van der Waals surface area contributed by atoms with E-state index in [2.05, 4.69) is 10.1 Å². The Bertz CT molecular complexity index is 709. The Hall–Kier alpha value is -1.84. The van der Waals surface area contributed by atoms with Gasteiger partial charge in [0.2, 0.25) is 5.67 Å². The van der Waals surface area contributed by atoms with Gasteiger partial charge in [-0.1, -0.05) is 0 Å². The lowest BCUT2D eigenvalue weighted by Crippen LogP contribution is -2.47. The van der Waals surface area contributed by atoms with Gasteiger partial charge in [-0.3, -0.25) is 0 Å². The molecule has 1 aliphatic heterocycles. The van der Waals surface area contributed by atoms with Gasteiger partial charge in [0.05, 0.1) is 18.9 Å². The second kappa shape index (κ2) is 4.33. The van der Waals surface area contributed by atoms with Crippen molar-refractivity contribution in [2.24, 2.45) is 0 Å². The number of nitrogens with two attached hydrogens (primary N) is 1. The maximum atomic E-state index is 15.2. The minimum atomic E-state index is -2.35. The summed E-state index contributed by atoms with van der Waals surface area (Å²) in [6.07, 6.45) is -2.76. The molecule has 0 aliphatic carbocycles. The summed E-state index contributed by atoms with van der Waals surface area (Å²) in [4.78, 5) is 3.35. The van der Waals surface area contributed by atoms with E-state index in [-0.39, 0.29) is 17.0 Å². The summed E-state index contributed by atoms with van der Waals surface area (Å²) >= 11 is 0. The SMILES string of the molecule is CC1(CO)OCC(F)(c2ccc3c(N)nc(F)nn23)C1O. The highest BCUT2D eigenvalue weighted by atomic mass is 19.1. The number of hydrogen-bond donors (Lipinski definition) is 3. The first-order chi connectivity index (χ1) is 9.82. The first-order valence-corrected chi connectivity index (χ1v) is 6.25. The van der Waals surface area contributed by atoms with E-state index in [1.807, 2.05) is 0 Å². The van der Waals surface area contributed by atoms with Crippen LogP contribution in [0.15, 0.2) is 12.1 Å². The smallest absolute Gasteiger partial charge is 0.327 e. The monoisotopic (exact) mass is 300 g/mol. The summed E-state index contributed by atoms with van der Waals surface area (Å²) in [6.45, 7) is 0.330. The van der Waals surface area contributed by atoms with Crippen molar-refractivity contribution in [3.05, 3.63) is 23.9 Å². The van der Waals surface area contributed by atoms with Crippen LogP contribution in [-0.2, 0) is 10.4 Å².